The second-order valence-corrected chi connectivity index (χ2v) is 8.24. The zero-order chi connectivity index (χ0) is 24.3. The Balaban J connectivity index is 1.65. The van der Waals surface area contributed by atoms with Gasteiger partial charge in [0, 0.05) is 18.5 Å². The zero-order valence-corrected chi connectivity index (χ0v) is 19.1. The Labute approximate surface area is 198 Å². The number of halogens is 1. The number of urea groups is 1. The number of hydrogen-bond acceptors (Lipinski definition) is 3. The van der Waals surface area contributed by atoms with Crippen LogP contribution < -0.4 is 5.32 Å². The normalized spacial score (nSPS) is 18.7. The predicted octanol–water partition coefficient (Wildman–Crippen LogP) is 3.21. The van der Waals surface area contributed by atoms with Crippen LogP contribution in [0.25, 0.3) is 0 Å². The first-order chi connectivity index (χ1) is 16.4. The maximum atomic E-state index is 13.6. The maximum absolute atomic E-state index is 13.6. The average Bonchev–Trinajstić information content (AvgIpc) is 3.26. The molecule has 2 aliphatic rings. The van der Waals surface area contributed by atoms with Crippen LogP contribution in [0.3, 0.4) is 0 Å². The van der Waals surface area contributed by atoms with Crippen LogP contribution in [-0.4, -0.2) is 40.7 Å². The summed E-state index contributed by atoms with van der Waals surface area (Å²) in [6, 6.07) is 10.5. The predicted molar refractivity (Wildman–Crippen MR) is 125 cm³/mol. The van der Waals surface area contributed by atoms with E-state index < -0.39 is 23.3 Å². The summed E-state index contributed by atoms with van der Waals surface area (Å²) in [4.78, 5) is 42.0. The molecule has 2 heterocycles. The van der Waals surface area contributed by atoms with E-state index in [1.54, 1.807) is 24.8 Å². The van der Waals surface area contributed by atoms with Crippen LogP contribution in [0.2, 0.25) is 0 Å². The number of hydrogen-bond donors (Lipinski definition) is 1. The highest BCUT2D eigenvalue weighted by Gasteiger charge is 2.54. The quantitative estimate of drug-likeness (QED) is 0.535. The summed E-state index contributed by atoms with van der Waals surface area (Å²) in [5, 5.41) is 2.77. The lowest BCUT2D eigenvalue weighted by molar-refractivity contribution is -0.131. The molecule has 2 aromatic carbocycles. The van der Waals surface area contributed by atoms with Gasteiger partial charge in [0.25, 0.3) is 11.8 Å². The van der Waals surface area contributed by atoms with Gasteiger partial charge in [-0.05, 0) is 55.2 Å². The van der Waals surface area contributed by atoms with Crippen molar-refractivity contribution < 1.29 is 18.8 Å². The molecule has 0 aromatic heterocycles. The molecule has 2 aromatic rings. The van der Waals surface area contributed by atoms with Crippen molar-refractivity contribution in [3.8, 4) is 23.7 Å². The third-order valence-electron chi connectivity index (χ3n) is 6.12. The summed E-state index contributed by atoms with van der Waals surface area (Å²) in [6.45, 7) is 3.58. The van der Waals surface area contributed by atoms with E-state index in [-0.39, 0.29) is 19.0 Å². The van der Waals surface area contributed by atoms with E-state index in [1.165, 1.54) is 24.3 Å². The molecule has 1 N–H and O–H groups in total. The molecule has 0 radical (unpaired) electrons. The molecule has 34 heavy (non-hydrogen) atoms. The number of nitrogens with zero attached hydrogens (tertiary/aromatic N) is 2. The van der Waals surface area contributed by atoms with Crippen molar-refractivity contribution in [2.45, 2.75) is 38.8 Å². The zero-order valence-electron chi connectivity index (χ0n) is 19.1. The molecule has 2 aliphatic heterocycles. The van der Waals surface area contributed by atoms with E-state index in [4.69, 9.17) is 0 Å². The smallest absolute Gasteiger partial charge is 0.326 e. The molecule has 7 heteroatoms. The standard InChI is InChI=1S/C27H24FN3O3/c1-3-5-7-8-19-9-14-23-20(16-19)17-30(24(23)32)18-27(21-10-12-22(28)13-11-21)25(33)31(15-6-4-2)26(34)29-27/h9-14,16H,7-8,15,17-18H2,1-2H3,(H,29,34). The van der Waals surface area contributed by atoms with Crippen LogP contribution in [0, 0.1) is 29.5 Å². The van der Waals surface area contributed by atoms with E-state index in [0.29, 0.717) is 17.7 Å². The van der Waals surface area contributed by atoms with Crippen molar-refractivity contribution in [2.24, 2.45) is 0 Å². The van der Waals surface area contributed by atoms with Crippen molar-refractivity contribution in [3.05, 3.63) is 70.5 Å². The second-order valence-electron chi connectivity index (χ2n) is 8.24. The van der Waals surface area contributed by atoms with Gasteiger partial charge in [0.2, 0.25) is 0 Å². The number of carbonyl (C=O) groups excluding carboxylic acids is 3. The van der Waals surface area contributed by atoms with Gasteiger partial charge in [0.1, 0.15) is 5.82 Å². The minimum absolute atomic E-state index is 0.0672. The lowest BCUT2D eigenvalue weighted by Gasteiger charge is -2.31. The first-order valence-corrected chi connectivity index (χ1v) is 11.0. The van der Waals surface area contributed by atoms with Gasteiger partial charge < -0.3 is 10.2 Å². The van der Waals surface area contributed by atoms with Gasteiger partial charge in [-0.15, -0.1) is 17.8 Å². The Morgan fingerprint density at radius 3 is 2.47 bits per heavy atom. The average molecular weight is 458 g/mol. The fourth-order valence-corrected chi connectivity index (χ4v) is 4.39. The van der Waals surface area contributed by atoms with Crippen molar-refractivity contribution in [1.82, 2.24) is 15.1 Å². The van der Waals surface area contributed by atoms with Crippen LogP contribution in [0.5, 0.6) is 0 Å². The molecule has 6 nitrogen and oxygen atoms in total. The Hall–Kier alpha value is -4.10. The fraction of sp³-hybridized carbons (Fsp3) is 0.296. The number of aryl methyl sites for hydroxylation is 1. The topological polar surface area (TPSA) is 69.7 Å². The highest BCUT2D eigenvalue weighted by molar-refractivity contribution is 6.08. The molecule has 0 aliphatic carbocycles. The van der Waals surface area contributed by atoms with Gasteiger partial charge in [-0.25, -0.2) is 9.18 Å². The van der Waals surface area contributed by atoms with Crippen LogP contribution in [-0.2, 0) is 23.3 Å². The summed E-state index contributed by atoms with van der Waals surface area (Å²) >= 11 is 0. The number of imide groups is 1. The molecule has 1 unspecified atom stereocenters. The summed E-state index contributed by atoms with van der Waals surface area (Å²) < 4.78 is 13.6. The van der Waals surface area contributed by atoms with Gasteiger partial charge in [0.05, 0.1) is 13.1 Å². The van der Waals surface area contributed by atoms with Crippen molar-refractivity contribution in [2.75, 3.05) is 13.1 Å². The van der Waals surface area contributed by atoms with E-state index >= 15 is 0 Å². The molecule has 4 rings (SSSR count). The lowest BCUT2D eigenvalue weighted by Crippen LogP contribution is -2.52. The van der Waals surface area contributed by atoms with Crippen molar-refractivity contribution >= 4 is 17.8 Å². The molecule has 172 valence electrons. The third kappa shape index (κ3) is 4.13. The van der Waals surface area contributed by atoms with E-state index in [1.807, 2.05) is 12.1 Å². The van der Waals surface area contributed by atoms with Crippen molar-refractivity contribution in [1.29, 1.82) is 0 Å². The van der Waals surface area contributed by atoms with Crippen LogP contribution in [0.15, 0.2) is 42.5 Å². The highest BCUT2D eigenvalue weighted by atomic mass is 19.1. The number of amides is 4. The summed E-state index contributed by atoms with van der Waals surface area (Å²) in [6.07, 6.45) is 1.52. The van der Waals surface area contributed by atoms with E-state index in [9.17, 15) is 18.8 Å². The minimum atomic E-state index is -1.53. The molecule has 0 saturated carbocycles. The second kappa shape index (κ2) is 9.41. The van der Waals surface area contributed by atoms with E-state index in [0.717, 1.165) is 28.9 Å². The number of carbonyl (C=O) groups is 3. The molecule has 1 atom stereocenters. The first kappa shape index (κ1) is 23.1. The number of fused-ring (bicyclic) bond motifs is 1. The summed E-state index contributed by atoms with van der Waals surface area (Å²) in [5.41, 5.74) is 1.40. The van der Waals surface area contributed by atoms with Gasteiger partial charge in [-0.1, -0.05) is 30.2 Å². The van der Waals surface area contributed by atoms with Gasteiger partial charge in [-0.2, -0.15) is 0 Å². The Kier molecular flexibility index (Phi) is 6.38. The molecular formula is C27H24FN3O3. The van der Waals surface area contributed by atoms with Crippen LogP contribution in [0.4, 0.5) is 9.18 Å². The lowest BCUT2D eigenvalue weighted by atomic mass is 9.89. The maximum Gasteiger partial charge on any atom is 0.326 e. The minimum Gasteiger partial charge on any atom is -0.331 e. The highest BCUT2D eigenvalue weighted by Crippen LogP contribution is 2.34. The SMILES string of the molecule is CC#CCCc1ccc2c(c1)CN(CC1(c3ccc(F)cc3)NC(=O)N(CC#CC)C1=O)C2=O. The van der Waals surface area contributed by atoms with Gasteiger partial charge >= 0.3 is 6.03 Å². The summed E-state index contributed by atoms with van der Waals surface area (Å²) in [7, 11) is 0. The third-order valence-corrected chi connectivity index (χ3v) is 6.12. The Morgan fingerprint density at radius 1 is 1.03 bits per heavy atom. The Morgan fingerprint density at radius 2 is 1.76 bits per heavy atom. The molecule has 0 spiro atoms. The van der Waals surface area contributed by atoms with Crippen LogP contribution in [0.1, 0.15) is 47.3 Å². The van der Waals surface area contributed by atoms with E-state index in [2.05, 4.69) is 29.0 Å². The van der Waals surface area contributed by atoms with Crippen LogP contribution >= 0.6 is 0 Å². The van der Waals surface area contributed by atoms with Gasteiger partial charge in [0.15, 0.2) is 5.54 Å². The van der Waals surface area contributed by atoms with Crippen molar-refractivity contribution in [3.63, 3.8) is 0 Å². The van der Waals surface area contributed by atoms with Gasteiger partial charge in [-0.3, -0.25) is 14.5 Å². The largest absolute Gasteiger partial charge is 0.331 e. The summed E-state index contributed by atoms with van der Waals surface area (Å²) in [5.74, 6) is 10.1. The number of nitrogens with one attached hydrogen (secondary N) is 1. The molecule has 1 fully saturated rings. The number of benzene rings is 2. The fourth-order valence-electron chi connectivity index (χ4n) is 4.39. The Bertz CT molecular complexity index is 1280. The molecule has 0 bridgehead atoms. The number of rotatable bonds is 6. The molecule has 4 amide bonds. The first-order valence-electron chi connectivity index (χ1n) is 11.0. The molecular weight excluding hydrogens is 433 g/mol. The molecule has 1 saturated heterocycles. The monoisotopic (exact) mass is 457 g/mol.